The maximum Gasteiger partial charge on any atom is 0.234 e. The van der Waals surface area contributed by atoms with Gasteiger partial charge in [-0.15, -0.1) is 11.3 Å². The summed E-state index contributed by atoms with van der Waals surface area (Å²) in [4.78, 5) is 23.8. The van der Waals surface area contributed by atoms with Crippen LogP contribution in [0, 0.1) is 5.92 Å². The lowest BCUT2D eigenvalue weighted by molar-refractivity contribution is -0.113. The first-order valence-corrected chi connectivity index (χ1v) is 10.8. The molecule has 140 valence electrons. The number of ether oxygens (including phenoxy) is 1. The van der Waals surface area contributed by atoms with Gasteiger partial charge in [0.05, 0.1) is 18.6 Å². The minimum atomic E-state index is -0.0750. The molecule has 27 heavy (non-hydrogen) atoms. The molecule has 1 aliphatic rings. The van der Waals surface area contributed by atoms with Gasteiger partial charge in [-0.3, -0.25) is 4.79 Å². The number of hydrogen-bond donors (Lipinski definition) is 1. The van der Waals surface area contributed by atoms with Crippen LogP contribution in [0.3, 0.4) is 0 Å². The van der Waals surface area contributed by atoms with Crippen LogP contribution in [-0.4, -0.2) is 28.7 Å². The third-order valence-corrected chi connectivity index (χ3v) is 6.93. The van der Waals surface area contributed by atoms with Crippen molar-refractivity contribution in [1.82, 2.24) is 9.97 Å². The first kappa shape index (κ1) is 18.3. The van der Waals surface area contributed by atoms with Gasteiger partial charge in [-0.25, -0.2) is 9.97 Å². The van der Waals surface area contributed by atoms with E-state index in [1.165, 1.54) is 28.6 Å². The number of carbonyl (C=O) groups is 1. The van der Waals surface area contributed by atoms with E-state index in [2.05, 4.69) is 22.2 Å². The van der Waals surface area contributed by atoms with Crippen LogP contribution < -0.4 is 10.1 Å². The Morgan fingerprint density at radius 1 is 1.37 bits per heavy atom. The monoisotopic (exact) mass is 399 g/mol. The van der Waals surface area contributed by atoms with Crippen molar-refractivity contribution in [2.45, 2.75) is 31.2 Å². The number of para-hydroxylation sites is 2. The van der Waals surface area contributed by atoms with E-state index in [1.54, 1.807) is 24.8 Å². The third-order valence-electron chi connectivity index (χ3n) is 4.78. The Kier molecular flexibility index (Phi) is 5.31. The molecular weight excluding hydrogens is 378 g/mol. The van der Waals surface area contributed by atoms with Gasteiger partial charge in [0.15, 0.2) is 0 Å². The second-order valence-electron chi connectivity index (χ2n) is 6.75. The third kappa shape index (κ3) is 3.80. The molecule has 0 spiro atoms. The molecule has 0 saturated carbocycles. The predicted octanol–water partition coefficient (Wildman–Crippen LogP) is 4.56. The molecule has 7 heteroatoms. The van der Waals surface area contributed by atoms with Crippen LogP contribution in [0.4, 0.5) is 5.69 Å². The maximum atomic E-state index is 12.4. The van der Waals surface area contributed by atoms with Crippen LogP contribution in [0.5, 0.6) is 5.75 Å². The molecule has 0 unspecified atom stereocenters. The Labute approximate surface area is 166 Å². The standard InChI is InChI=1S/C20H21N3O2S2/c1-12-7-8-13-16(9-12)27-20-18(13)19(21-11-22-20)26-10-17(24)23-14-5-3-4-6-15(14)25-2/h3-6,11-12H,7-10H2,1-2H3,(H,23,24)/t12-/m0/s1. The average Bonchev–Trinajstić information content (AvgIpc) is 3.04. The van der Waals surface area contributed by atoms with Crippen molar-refractivity contribution in [2.75, 3.05) is 18.2 Å². The van der Waals surface area contributed by atoms with Crippen LogP contribution in [0.1, 0.15) is 23.8 Å². The molecule has 4 rings (SSSR count). The number of anilines is 1. The number of nitrogens with zero attached hydrogens (tertiary/aromatic N) is 2. The summed E-state index contributed by atoms with van der Waals surface area (Å²) in [5, 5.41) is 4.97. The highest BCUT2D eigenvalue weighted by Gasteiger charge is 2.23. The minimum absolute atomic E-state index is 0.0750. The smallest absolute Gasteiger partial charge is 0.234 e. The maximum absolute atomic E-state index is 12.4. The fourth-order valence-corrected chi connectivity index (χ4v) is 5.66. The number of thiophene rings is 1. The quantitative estimate of drug-likeness (QED) is 0.503. The van der Waals surface area contributed by atoms with E-state index in [-0.39, 0.29) is 5.91 Å². The molecule has 1 atom stereocenters. The second kappa shape index (κ2) is 7.86. The highest BCUT2D eigenvalue weighted by atomic mass is 32.2. The number of benzene rings is 1. The average molecular weight is 400 g/mol. The fraction of sp³-hybridized carbons (Fsp3) is 0.350. The number of fused-ring (bicyclic) bond motifs is 3. The Hall–Kier alpha value is -2.12. The van der Waals surface area contributed by atoms with Crippen molar-refractivity contribution in [3.05, 3.63) is 41.0 Å². The second-order valence-corrected chi connectivity index (χ2v) is 8.80. The van der Waals surface area contributed by atoms with Crippen LogP contribution in [-0.2, 0) is 17.6 Å². The molecule has 0 bridgehead atoms. The summed E-state index contributed by atoms with van der Waals surface area (Å²) < 4.78 is 5.29. The van der Waals surface area contributed by atoms with Crippen molar-refractivity contribution in [2.24, 2.45) is 5.92 Å². The van der Waals surface area contributed by atoms with Crippen LogP contribution in [0.2, 0.25) is 0 Å². The normalized spacial score (nSPS) is 16.1. The van der Waals surface area contributed by atoms with Crippen LogP contribution >= 0.6 is 23.1 Å². The van der Waals surface area contributed by atoms with Gasteiger partial charge in [0.25, 0.3) is 0 Å². The van der Waals surface area contributed by atoms with Gasteiger partial charge in [0, 0.05) is 10.3 Å². The Balaban J connectivity index is 1.51. The number of thioether (sulfide) groups is 1. The Morgan fingerprint density at radius 2 is 2.22 bits per heavy atom. The Bertz CT molecular complexity index is 987. The van der Waals surface area contributed by atoms with E-state index in [0.29, 0.717) is 17.2 Å². The highest BCUT2D eigenvalue weighted by Crippen LogP contribution is 2.40. The molecule has 0 radical (unpaired) electrons. The van der Waals surface area contributed by atoms with Crippen molar-refractivity contribution >= 4 is 44.9 Å². The number of aromatic nitrogens is 2. The van der Waals surface area contributed by atoms with Gasteiger partial charge in [-0.2, -0.15) is 0 Å². The first-order valence-electron chi connectivity index (χ1n) is 8.96. The van der Waals surface area contributed by atoms with E-state index < -0.39 is 0 Å². The number of methoxy groups -OCH3 is 1. The summed E-state index contributed by atoms with van der Waals surface area (Å²) in [7, 11) is 1.60. The van der Waals surface area contributed by atoms with Gasteiger partial charge in [-0.05, 0) is 42.9 Å². The molecule has 0 fully saturated rings. The molecule has 3 aromatic rings. The van der Waals surface area contributed by atoms with E-state index in [0.717, 1.165) is 34.0 Å². The van der Waals surface area contributed by atoms with Gasteiger partial charge < -0.3 is 10.1 Å². The van der Waals surface area contributed by atoms with Crippen molar-refractivity contribution in [1.29, 1.82) is 0 Å². The zero-order valence-electron chi connectivity index (χ0n) is 15.3. The van der Waals surface area contributed by atoms with E-state index >= 15 is 0 Å². The summed E-state index contributed by atoms with van der Waals surface area (Å²) >= 11 is 3.25. The van der Waals surface area contributed by atoms with Crippen molar-refractivity contribution < 1.29 is 9.53 Å². The van der Waals surface area contributed by atoms with E-state index in [9.17, 15) is 4.79 Å². The lowest BCUT2D eigenvalue weighted by Gasteiger charge is -2.18. The first-order chi connectivity index (χ1) is 13.2. The van der Waals surface area contributed by atoms with Gasteiger partial charge in [0.2, 0.25) is 5.91 Å². The molecule has 1 aromatic carbocycles. The molecule has 0 aliphatic heterocycles. The molecule has 2 heterocycles. The molecular formula is C20H21N3O2S2. The van der Waals surface area contributed by atoms with Gasteiger partial charge in [0.1, 0.15) is 21.9 Å². The van der Waals surface area contributed by atoms with E-state index in [1.807, 2.05) is 24.3 Å². The number of nitrogens with one attached hydrogen (secondary N) is 1. The number of amides is 1. The molecule has 0 saturated heterocycles. The molecule has 2 aromatic heterocycles. The molecule has 1 amide bonds. The zero-order valence-corrected chi connectivity index (χ0v) is 17.0. The number of rotatable bonds is 5. The molecule has 1 aliphatic carbocycles. The van der Waals surface area contributed by atoms with E-state index in [4.69, 9.17) is 4.74 Å². The lowest BCUT2D eigenvalue weighted by Crippen LogP contribution is -2.15. The fourth-order valence-electron chi connectivity index (χ4n) is 3.42. The number of carbonyl (C=O) groups excluding carboxylic acids is 1. The SMILES string of the molecule is COc1ccccc1NC(=O)CSc1ncnc2sc3c(c12)CC[C@H](C)C3. The molecule has 1 N–H and O–H groups in total. The van der Waals surface area contributed by atoms with Gasteiger partial charge >= 0.3 is 0 Å². The summed E-state index contributed by atoms with van der Waals surface area (Å²) in [6.45, 7) is 2.30. The van der Waals surface area contributed by atoms with Crippen molar-refractivity contribution in [3.8, 4) is 5.75 Å². The minimum Gasteiger partial charge on any atom is -0.495 e. The summed E-state index contributed by atoms with van der Waals surface area (Å²) in [5.41, 5.74) is 2.07. The topological polar surface area (TPSA) is 64.1 Å². The van der Waals surface area contributed by atoms with Crippen LogP contribution in [0.15, 0.2) is 35.6 Å². The zero-order chi connectivity index (χ0) is 18.8. The number of hydrogen-bond acceptors (Lipinski definition) is 6. The van der Waals surface area contributed by atoms with Crippen molar-refractivity contribution in [3.63, 3.8) is 0 Å². The van der Waals surface area contributed by atoms with Gasteiger partial charge in [-0.1, -0.05) is 30.8 Å². The predicted molar refractivity (Wildman–Crippen MR) is 111 cm³/mol. The Morgan fingerprint density at radius 3 is 3.07 bits per heavy atom. The van der Waals surface area contributed by atoms with Crippen LogP contribution in [0.25, 0.3) is 10.2 Å². The lowest BCUT2D eigenvalue weighted by atomic mass is 9.89. The highest BCUT2D eigenvalue weighted by molar-refractivity contribution is 8.00. The largest absolute Gasteiger partial charge is 0.495 e. The number of aryl methyl sites for hydroxylation is 1. The summed E-state index contributed by atoms with van der Waals surface area (Å²) in [6, 6.07) is 7.41. The summed E-state index contributed by atoms with van der Waals surface area (Å²) in [5.74, 6) is 1.60. The molecule has 5 nitrogen and oxygen atoms in total. The summed E-state index contributed by atoms with van der Waals surface area (Å²) in [6.07, 6.45) is 5.00.